The van der Waals surface area contributed by atoms with Gasteiger partial charge in [-0.2, -0.15) is 0 Å². The summed E-state index contributed by atoms with van der Waals surface area (Å²) in [6.07, 6.45) is 0. The average Bonchev–Trinajstić information content (AvgIpc) is 1.90. The first-order chi connectivity index (χ1) is 4.30. The van der Waals surface area contributed by atoms with Gasteiger partial charge in [0.05, 0.1) is 0 Å². The van der Waals surface area contributed by atoms with E-state index >= 15 is 0 Å². The molecule has 0 spiro atoms. The molecule has 0 aromatic heterocycles. The molecule has 0 N–H and O–H groups in total. The second-order valence-corrected chi connectivity index (χ2v) is 3.34. The van der Waals surface area contributed by atoms with E-state index in [0.29, 0.717) is 0 Å². The Morgan fingerprint density at radius 1 is 1.20 bits per heavy atom. The summed E-state index contributed by atoms with van der Waals surface area (Å²) in [5.41, 5.74) is 0. The summed E-state index contributed by atoms with van der Waals surface area (Å²) in [4.78, 5) is 0. The van der Waals surface area contributed by atoms with E-state index in [4.69, 9.17) is 0 Å². The topological polar surface area (TPSA) is 17.1 Å². The van der Waals surface area contributed by atoms with Gasteiger partial charge in [-0.3, -0.25) is 0 Å². The van der Waals surface area contributed by atoms with Crippen molar-refractivity contribution in [2.24, 2.45) is 0 Å². The van der Waals surface area contributed by atoms with E-state index < -0.39 is 7.80 Å². The van der Waals surface area contributed by atoms with E-state index in [9.17, 15) is 4.57 Å². The van der Waals surface area contributed by atoms with Crippen molar-refractivity contribution in [1.82, 2.24) is 0 Å². The highest BCUT2D eigenvalue weighted by atomic mass is 31.1. The highest BCUT2D eigenvalue weighted by molar-refractivity contribution is 7.52. The van der Waals surface area contributed by atoms with Gasteiger partial charge in [0, 0.05) is 0 Å². The quantitative estimate of drug-likeness (QED) is 0.569. The monoisotopic (exact) mass is 155 g/mol. The van der Waals surface area contributed by atoms with E-state index in [1.165, 1.54) is 0 Å². The SMILES string of the molecule is C.C[P+](=O)c1ccccc1. The Hall–Kier alpha value is -0.680. The van der Waals surface area contributed by atoms with Crippen LogP contribution in [0.2, 0.25) is 0 Å². The van der Waals surface area contributed by atoms with Gasteiger partial charge in [0.2, 0.25) is 0 Å². The van der Waals surface area contributed by atoms with Crippen LogP contribution in [0.5, 0.6) is 0 Å². The molecule has 0 bridgehead atoms. The minimum Gasteiger partial charge on any atom is -0.0776 e. The van der Waals surface area contributed by atoms with Gasteiger partial charge in [0.15, 0.2) is 5.30 Å². The van der Waals surface area contributed by atoms with Gasteiger partial charge >= 0.3 is 7.80 Å². The van der Waals surface area contributed by atoms with Crippen molar-refractivity contribution < 1.29 is 4.57 Å². The zero-order chi connectivity index (χ0) is 6.69. The summed E-state index contributed by atoms with van der Waals surface area (Å²) in [5.74, 6) is 0. The molecule has 10 heavy (non-hydrogen) atoms. The summed E-state index contributed by atoms with van der Waals surface area (Å²) >= 11 is 0. The summed E-state index contributed by atoms with van der Waals surface area (Å²) in [5, 5.41) is 0.924. The van der Waals surface area contributed by atoms with Crippen LogP contribution in [-0.2, 0) is 4.57 Å². The van der Waals surface area contributed by atoms with E-state index in [0.717, 1.165) is 5.30 Å². The Kier molecular flexibility index (Phi) is 3.90. The van der Waals surface area contributed by atoms with E-state index in [1.807, 2.05) is 30.3 Å². The normalized spacial score (nSPS) is 9.90. The lowest BCUT2D eigenvalue weighted by Gasteiger charge is -1.79. The van der Waals surface area contributed by atoms with Crippen molar-refractivity contribution in [2.45, 2.75) is 7.43 Å². The molecule has 0 saturated carbocycles. The molecule has 1 aromatic rings. The molecule has 1 aromatic carbocycles. The predicted octanol–water partition coefficient (Wildman–Crippen LogP) is 2.41. The Morgan fingerprint density at radius 2 is 1.70 bits per heavy atom. The van der Waals surface area contributed by atoms with E-state index in [-0.39, 0.29) is 7.43 Å². The molecule has 1 unspecified atom stereocenters. The lowest BCUT2D eigenvalue weighted by molar-refractivity contribution is 0.596. The molecular weight excluding hydrogens is 143 g/mol. The molecule has 0 heterocycles. The maximum Gasteiger partial charge on any atom is 0.373 e. The Balaban J connectivity index is 0.000000810. The second kappa shape index (κ2) is 4.19. The van der Waals surface area contributed by atoms with E-state index in [2.05, 4.69) is 0 Å². The van der Waals surface area contributed by atoms with Crippen LogP contribution < -0.4 is 5.30 Å². The zero-order valence-corrected chi connectivity index (χ0v) is 6.14. The van der Waals surface area contributed by atoms with Crippen molar-refractivity contribution >= 4 is 13.1 Å². The lowest BCUT2D eigenvalue weighted by atomic mass is 10.4. The maximum atomic E-state index is 10.8. The zero-order valence-electron chi connectivity index (χ0n) is 5.24. The number of rotatable bonds is 1. The fourth-order valence-electron chi connectivity index (χ4n) is 0.638. The molecular formula is C8H12OP+. The molecule has 54 valence electrons. The van der Waals surface area contributed by atoms with Crippen molar-refractivity contribution in [3.05, 3.63) is 30.3 Å². The first kappa shape index (κ1) is 9.32. The van der Waals surface area contributed by atoms with Gasteiger partial charge in [-0.05, 0) is 12.1 Å². The largest absolute Gasteiger partial charge is 0.373 e. The van der Waals surface area contributed by atoms with Crippen LogP contribution in [0, 0.1) is 0 Å². The predicted molar refractivity (Wildman–Crippen MR) is 46.3 cm³/mol. The molecule has 0 aliphatic carbocycles. The van der Waals surface area contributed by atoms with Crippen LogP contribution in [0.4, 0.5) is 0 Å². The molecule has 0 aliphatic heterocycles. The Morgan fingerprint density at radius 3 is 2.00 bits per heavy atom. The minimum atomic E-state index is -1.15. The van der Waals surface area contributed by atoms with Gasteiger partial charge in [-0.15, -0.1) is 0 Å². The van der Waals surface area contributed by atoms with Gasteiger partial charge in [-0.1, -0.05) is 30.2 Å². The smallest absolute Gasteiger partial charge is 0.0776 e. The first-order valence-electron chi connectivity index (χ1n) is 2.76. The molecule has 0 fully saturated rings. The summed E-state index contributed by atoms with van der Waals surface area (Å²) in [6, 6.07) is 9.46. The van der Waals surface area contributed by atoms with Crippen LogP contribution in [-0.4, -0.2) is 6.66 Å². The molecule has 1 nitrogen and oxygen atoms in total. The van der Waals surface area contributed by atoms with Gasteiger partial charge in [0.25, 0.3) is 0 Å². The van der Waals surface area contributed by atoms with Gasteiger partial charge in [-0.25, -0.2) is 0 Å². The molecule has 0 saturated heterocycles. The van der Waals surface area contributed by atoms with E-state index in [1.54, 1.807) is 6.66 Å². The van der Waals surface area contributed by atoms with Crippen LogP contribution >= 0.6 is 7.80 Å². The molecule has 0 radical (unpaired) electrons. The average molecular weight is 155 g/mol. The first-order valence-corrected chi connectivity index (χ1v) is 4.47. The fourth-order valence-corrected chi connectivity index (χ4v) is 1.23. The highest BCUT2D eigenvalue weighted by Crippen LogP contribution is 2.11. The standard InChI is InChI=1S/C7H8OP.CH4/c1-9(8)7-5-3-2-4-6-7;/h2-6H,1H3;1H4/q+1;. The van der Waals surface area contributed by atoms with Crippen molar-refractivity contribution in [3.8, 4) is 0 Å². The van der Waals surface area contributed by atoms with Crippen molar-refractivity contribution in [2.75, 3.05) is 6.66 Å². The summed E-state index contributed by atoms with van der Waals surface area (Å²) in [6.45, 7) is 1.71. The minimum absolute atomic E-state index is 0. The third kappa shape index (κ3) is 2.28. The van der Waals surface area contributed by atoms with Crippen LogP contribution in [0.1, 0.15) is 7.43 Å². The Labute approximate surface area is 62.9 Å². The van der Waals surface area contributed by atoms with Gasteiger partial charge < -0.3 is 0 Å². The van der Waals surface area contributed by atoms with Crippen molar-refractivity contribution in [3.63, 3.8) is 0 Å². The molecule has 2 heteroatoms. The second-order valence-electron chi connectivity index (χ2n) is 1.83. The van der Waals surface area contributed by atoms with Crippen LogP contribution in [0.15, 0.2) is 30.3 Å². The molecule has 1 rings (SSSR count). The van der Waals surface area contributed by atoms with Crippen molar-refractivity contribution in [1.29, 1.82) is 0 Å². The van der Waals surface area contributed by atoms with Gasteiger partial charge in [0.1, 0.15) is 6.66 Å². The molecule has 1 atom stereocenters. The molecule has 0 aliphatic rings. The number of benzene rings is 1. The highest BCUT2D eigenvalue weighted by Gasteiger charge is 2.07. The Bertz CT molecular complexity index is 206. The van der Waals surface area contributed by atoms with Crippen LogP contribution in [0.3, 0.4) is 0 Å². The lowest BCUT2D eigenvalue weighted by Crippen LogP contribution is -1.91. The summed E-state index contributed by atoms with van der Waals surface area (Å²) in [7, 11) is -1.15. The van der Waals surface area contributed by atoms with Crippen LogP contribution in [0.25, 0.3) is 0 Å². The third-order valence-corrected chi connectivity index (χ3v) is 2.15. The number of hydrogen-bond donors (Lipinski definition) is 0. The number of hydrogen-bond acceptors (Lipinski definition) is 1. The summed E-state index contributed by atoms with van der Waals surface area (Å²) < 4.78 is 10.8. The molecule has 0 amide bonds. The third-order valence-electron chi connectivity index (χ3n) is 1.12. The fraction of sp³-hybridized carbons (Fsp3) is 0.250. The maximum absolute atomic E-state index is 10.8.